The van der Waals surface area contributed by atoms with Gasteiger partial charge in [0.25, 0.3) is 0 Å². The molecule has 1 unspecified atom stereocenters. The zero-order valence-corrected chi connectivity index (χ0v) is 8.08. The zero-order valence-electron chi connectivity index (χ0n) is 6.56. The Morgan fingerprint density at radius 1 is 1.30 bits per heavy atom. The van der Waals surface area contributed by atoms with E-state index in [1.54, 1.807) is 14.2 Å². The molecule has 0 aromatic carbocycles. The van der Waals surface area contributed by atoms with Crippen LogP contribution < -0.4 is 0 Å². The lowest BCUT2D eigenvalue weighted by Crippen LogP contribution is -2.11. The van der Waals surface area contributed by atoms with Gasteiger partial charge in [-0.3, -0.25) is 0 Å². The van der Waals surface area contributed by atoms with E-state index >= 15 is 0 Å². The fourth-order valence-corrected chi connectivity index (χ4v) is 0.303. The summed E-state index contributed by atoms with van der Waals surface area (Å²) < 4.78 is 9.64. The fourth-order valence-electron chi connectivity index (χ4n) is 0.303. The van der Waals surface area contributed by atoms with E-state index in [4.69, 9.17) is 32.7 Å². The van der Waals surface area contributed by atoms with Gasteiger partial charge in [-0.25, -0.2) is 0 Å². The number of hydrogen-bond acceptors (Lipinski definition) is 2. The molecule has 0 fully saturated rings. The van der Waals surface area contributed by atoms with E-state index in [1.807, 2.05) is 6.92 Å². The third-order valence-corrected chi connectivity index (χ3v) is 0.804. The van der Waals surface area contributed by atoms with E-state index in [0.717, 1.165) is 0 Å². The molecule has 0 aromatic rings. The molecule has 0 rings (SSSR count). The molecule has 0 saturated heterocycles. The lowest BCUT2D eigenvalue weighted by molar-refractivity contribution is 0.0401. The Labute approximate surface area is 72.4 Å². The lowest BCUT2D eigenvalue weighted by Gasteiger charge is -2.05. The van der Waals surface area contributed by atoms with Crippen LogP contribution in [0, 0.1) is 0 Å². The highest BCUT2D eigenvalue weighted by Crippen LogP contribution is 1.84. The summed E-state index contributed by atoms with van der Waals surface area (Å²) in [6.45, 7) is 2.64. The van der Waals surface area contributed by atoms with Crippen molar-refractivity contribution in [1.29, 1.82) is 0 Å². The molecule has 1 atom stereocenters. The summed E-state index contributed by atoms with van der Waals surface area (Å²) in [7, 11) is 3.33. The van der Waals surface area contributed by atoms with Crippen LogP contribution in [-0.4, -0.2) is 32.3 Å². The van der Waals surface area contributed by atoms with Gasteiger partial charge in [-0.15, -0.1) is 23.2 Å². The molecule has 0 spiro atoms. The lowest BCUT2D eigenvalue weighted by atomic mass is 10.4. The Bertz CT molecular complexity index is 53.0. The molecule has 0 N–H and O–H groups in total. The van der Waals surface area contributed by atoms with E-state index in [-0.39, 0.29) is 11.4 Å². The van der Waals surface area contributed by atoms with Crippen molar-refractivity contribution in [2.45, 2.75) is 13.0 Å². The predicted octanol–water partition coefficient (Wildman–Crippen LogP) is 2.09. The largest absolute Gasteiger partial charge is 0.382 e. The van der Waals surface area contributed by atoms with E-state index in [9.17, 15) is 0 Å². The second kappa shape index (κ2) is 12.2. The molecule has 0 aliphatic carbocycles. The zero-order chi connectivity index (χ0) is 8.41. The second-order valence-electron chi connectivity index (χ2n) is 1.60. The van der Waals surface area contributed by atoms with Gasteiger partial charge >= 0.3 is 0 Å². The van der Waals surface area contributed by atoms with Crippen molar-refractivity contribution >= 4 is 23.2 Å². The van der Waals surface area contributed by atoms with Crippen LogP contribution in [0.3, 0.4) is 0 Å². The Morgan fingerprint density at radius 2 is 1.70 bits per heavy atom. The van der Waals surface area contributed by atoms with Gasteiger partial charge in [0.05, 0.1) is 18.1 Å². The maximum absolute atomic E-state index is 4.87. The Kier molecular flexibility index (Phi) is 16.0. The van der Waals surface area contributed by atoms with Gasteiger partial charge in [0.15, 0.2) is 0 Å². The van der Waals surface area contributed by atoms with Crippen molar-refractivity contribution < 1.29 is 9.47 Å². The normalized spacial score (nSPS) is 11.7. The number of rotatable bonds is 3. The third-order valence-electron chi connectivity index (χ3n) is 0.804. The molecule has 2 nitrogen and oxygen atoms in total. The molecule has 10 heavy (non-hydrogen) atoms. The molecule has 0 saturated carbocycles. The summed E-state index contributed by atoms with van der Waals surface area (Å²) in [5, 5.41) is 0.194. The van der Waals surface area contributed by atoms with Crippen molar-refractivity contribution in [3.8, 4) is 0 Å². The van der Waals surface area contributed by atoms with Crippen LogP contribution in [0.2, 0.25) is 0 Å². The van der Waals surface area contributed by atoms with Crippen molar-refractivity contribution in [2.75, 3.05) is 26.2 Å². The first kappa shape index (κ1) is 13.1. The second-order valence-corrected chi connectivity index (χ2v) is 2.41. The first-order chi connectivity index (χ1) is 4.72. The average molecular weight is 189 g/mol. The third kappa shape index (κ3) is 15.8. The van der Waals surface area contributed by atoms with Gasteiger partial charge in [0.1, 0.15) is 0 Å². The van der Waals surface area contributed by atoms with Gasteiger partial charge in [-0.1, -0.05) is 0 Å². The minimum Gasteiger partial charge on any atom is -0.382 e. The number of halogens is 2. The summed E-state index contributed by atoms with van der Waals surface area (Å²) >= 11 is 9.53. The molecule has 64 valence electrons. The molecule has 0 aromatic heterocycles. The standard InChI is InChI=1S/C5H12O2.CH2Cl2/c1-5(7-3)4-6-2;2-1-3/h5H,4H2,1-3H3;1H2. The number of methoxy groups -OCH3 is 2. The molecule has 0 heterocycles. The Hall–Kier alpha value is 0.500. The predicted molar refractivity (Wildman–Crippen MR) is 44.9 cm³/mol. The molecule has 0 aliphatic heterocycles. The minimum absolute atomic E-state index is 0.194. The molecule has 4 heteroatoms. The minimum atomic E-state index is 0.194. The van der Waals surface area contributed by atoms with Crippen LogP contribution in [0.1, 0.15) is 6.92 Å². The molecule has 0 amide bonds. The summed E-state index contributed by atoms with van der Waals surface area (Å²) in [6, 6.07) is 0. The van der Waals surface area contributed by atoms with E-state index in [2.05, 4.69) is 0 Å². The number of ether oxygens (including phenoxy) is 2. The summed E-state index contributed by atoms with van der Waals surface area (Å²) in [5.74, 6) is 0. The SMILES string of the molecule is COCC(C)OC.ClCCl. The maximum atomic E-state index is 4.87. The van der Waals surface area contributed by atoms with Crippen LogP contribution >= 0.6 is 23.2 Å². The smallest absolute Gasteiger partial charge is 0.0967 e. The van der Waals surface area contributed by atoms with Crippen molar-refractivity contribution in [3.63, 3.8) is 0 Å². The van der Waals surface area contributed by atoms with Crippen LogP contribution in [0.25, 0.3) is 0 Å². The molecular weight excluding hydrogens is 175 g/mol. The first-order valence-corrected chi connectivity index (χ1v) is 3.93. The van der Waals surface area contributed by atoms with E-state index in [0.29, 0.717) is 6.61 Å². The highest BCUT2D eigenvalue weighted by molar-refractivity contribution is 6.40. The van der Waals surface area contributed by atoms with Crippen molar-refractivity contribution in [1.82, 2.24) is 0 Å². The fraction of sp³-hybridized carbons (Fsp3) is 1.00. The average Bonchev–Trinajstić information content (AvgIpc) is 1.90. The Morgan fingerprint density at radius 3 is 1.80 bits per heavy atom. The molecule has 0 bridgehead atoms. The quantitative estimate of drug-likeness (QED) is 0.633. The van der Waals surface area contributed by atoms with Crippen LogP contribution in [0.15, 0.2) is 0 Å². The Balaban J connectivity index is 0. The van der Waals surface area contributed by atoms with Crippen molar-refractivity contribution in [2.24, 2.45) is 0 Å². The number of alkyl halides is 2. The summed E-state index contributed by atoms with van der Waals surface area (Å²) in [6.07, 6.45) is 0.227. The van der Waals surface area contributed by atoms with Gasteiger partial charge in [0.2, 0.25) is 0 Å². The van der Waals surface area contributed by atoms with Gasteiger partial charge < -0.3 is 9.47 Å². The summed E-state index contributed by atoms with van der Waals surface area (Å²) in [5.41, 5.74) is 0. The first-order valence-electron chi connectivity index (χ1n) is 2.86. The van der Waals surface area contributed by atoms with E-state index in [1.165, 1.54) is 0 Å². The van der Waals surface area contributed by atoms with Gasteiger partial charge in [-0.2, -0.15) is 0 Å². The highest BCUT2D eigenvalue weighted by atomic mass is 35.5. The topological polar surface area (TPSA) is 18.5 Å². The monoisotopic (exact) mass is 188 g/mol. The van der Waals surface area contributed by atoms with Crippen molar-refractivity contribution in [3.05, 3.63) is 0 Å². The van der Waals surface area contributed by atoms with Crippen LogP contribution in [0.4, 0.5) is 0 Å². The maximum Gasteiger partial charge on any atom is 0.0967 e. The summed E-state index contributed by atoms with van der Waals surface area (Å²) in [4.78, 5) is 0. The van der Waals surface area contributed by atoms with Crippen LogP contribution in [-0.2, 0) is 9.47 Å². The van der Waals surface area contributed by atoms with Crippen LogP contribution in [0.5, 0.6) is 0 Å². The van der Waals surface area contributed by atoms with E-state index < -0.39 is 0 Å². The number of hydrogen-bond donors (Lipinski definition) is 0. The molecular formula is C6H14Cl2O2. The van der Waals surface area contributed by atoms with Gasteiger partial charge in [-0.05, 0) is 6.92 Å². The molecule has 0 aliphatic rings. The highest BCUT2D eigenvalue weighted by Gasteiger charge is 1.93. The molecule has 0 radical (unpaired) electrons. The van der Waals surface area contributed by atoms with Gasteiger partial charge in [0, 0.05) is 14.2 Å².